The van der Waals surface area contributed by atoms with Crippen molar-refractivity contribution in [2.45, 2.75) is 24.8 Å². The molecule has 2 N–H and O–H groups in total. The molecule has 0 radical (unpaired) electrons. The number of amides is 1. The zero-order chi connectivity index (χ0) is 14.3. The molecule has 0 saturated carbocycles. The van der Waals surface area contributed by atoms with Crippen LogP contribution in [0.4, 0.5) is 4.39 Å². The van der Waals surface area contributed by atoms with Gasteiger partial charge in [-0.1, -0.05) is 6.92 Å². The van der Waals surface area contributed by atoms with Crippen molar-refractivity contribution < 1.29 is 9.18 Å². The monoisotopic (exact) mass is 284 g/mol. The minimum absolute atomic E-state index is 0.0525. The van der Waals surface area contributed by atoms with Crippen molar-refractivity contribution in [3.05, 3.63) is 30.1 Å². The number of likely N-dealkylation sites (N-methyl/N-ethyl adjacent to an activating group) is 1. The van der Waals surface area contributed by atoms with E-state index in [0.29, 0.717) is 12.3 Å². The van der Waals surface area contributed by atoms with E-state index < -0.39 is 0 Å². The van der Waals surface area contributed by atoms with Crippen LogP contribution in [0.5, 0.6) is 0 Å². The standard InChI is InChI=1S/C14H21FN2OS/c1-10(14(18)17-8-11(2)16-3)9-19-13-6-4-12(15)5-7-13/h4-7,10-11,16H,8-9H2,1-3H3,(H,17,18). The number of thioether (sulfide) groups is 1. The molecule has 3 nitrogen and oxygen atoms in total. The summed E-state index contributed by atoms with van der Waals surface area (Å²) in [6, 6.07) is 6.59. The normalized spacial score (nSPS) is 13.9. The van der Waals surface area contributed by atoms with Crippen molar-refractivity contribution in [2.24, 2.45) is 5.92 Å². The van der Waals surface area contributed by atoms with Crippen LogP contribution in [0.25, 0.3) is 0 Å². The number of rotatable bonds is 7. The van der Waals surface area contributed by atoms with Crippen molar-refractivity contribution in [1.29, 1.82) is 0 Å². The van der Waals surface area contributed by atoms with E-state index in [-0.39, 0.29) is 23.7 Å². The molecule has 0 saturated heterocycles. The van der Waals surface area contributed by atoms with Gasteiger partial charge in [0.05, 0.1) is 0 Å². The molecule has 0 bridgehead atoms. The molecule has 1 aromatic carbocycles. The van der Waals surface area contributed by atoms with Crippen molar-refractivity contribution in [3.8, 4) is 0 Å². The summed E-state index contributed by atoms with van der Waals surface area (Å²) in [7, 11) is 1.87. The van der Waals surface area contributed by atoms with Gasteiger partial charge in [-0.05, 0) is 38.2 Å². The van der Waals surface area contributed by atoms with Crippen LogP contribution in [-0.2, 0) is 4.79 Å². The Kier molecular flexibility index (Phi) is 6.87. The molecule has 2 atom stereocenters. The molecule has 106 valence electrons. The Balaban J connectivity index is 2.32. The first kappa shape index (κ1) is 16.0. The van der Waals surface area contributed by atoms with Gasteiger partial charge in [-0.2, -0.15) is 0 Å². The Labute approximate surface area is 118 Å². The maximum absolute atomic E-state index is 12.7. The number of carbonyl (C=O) groups excluding carboxylic acids is 1. The van der Waals surface area contributed by atoms with Crippen LogP contribution in [-0.4, -0.2) is 31.3 Å². The number of hydrogen-bond donors (Lipinski definition) is 2. The molecule has 0 spiro atoms. The largest absolute Gasteiger partial charge is 0.354 e. The molecule has 5 heteroatoms. The summed E-state index contributed by atoms with van der Waals surface area (Å²) in [5.41, 5.74) is 0. The van der Waals surface area contributed by atoms with Crippen LogP contribution in [0.15, 0.2) is 29.2 Å². The molecule has 0 heterocycles. The average molecular weight is 284 g/mol. The topological polar surface area (TPSA) is 41.1 Å². The summed E-state index contributed by atoms with van der Waals surface area (Å²) in [6.07, 6.45) is 0. The summed E-state index contributed by atoms with van der Waals surface area (Å²) in [4.78, 5) is 12.8. The van der Waals surface area contributed by atoms with Gasteiger partial charge in [0.15, 0.2) is 0 Å². The van der Waals surface area contributed by atoms with E-state index in [0.717, 1.165) is 4.90 Å². The van der Waals surface area contributed by atoms with Crippen molar-refractivity contribution in [1.82, 2.24) is 10.6 Å². The number of nitrogens with one attached hydrogen (secondary N) is 2. The summed E-state index contributed by atoms with van der Waals surface area (Å²) >= 11 is 1.56. The molecule has 0 aliphatic rings. The van der Waals surface area contributed by atoms with Crippen molar-refractivity contribution >= 4 is 17.7 Å². The second kappa shape index (κ2) is 8.17. The highest BCUT2D eigenvalue weighted by Gasteiger charge is 2.13. The quantitative estimate of drug-likeness (QED) is 0.755. The Morgan fingerprint density at radius 2 is 1.95 bits per heavy atom. The molecule has 0 aliphatic carbocycles. The van der Waals surface area contributed by atoms with Crippen molar-refractivity contribution in [2.75, 3.05) is 19.3 Å². The summed E-state index contributed by atoms with van der Waals surface area (Å²) in [5.74, 6) is 0.429. The van der Waals surface area contributed by atoms with Crippen LogP contribution in [0, 0.1) is 11.7 Å². The van der Waals surface area contributed by atoms with Gasteiger partial charge in [-0.25, -0.2) is 4.39 Å². The fourth-order valence-corrected chi connectivity index (χ4v) is 2.28. The van der Waals surface area contributed by atoms with E-state index in [4.69, 9.17) is 0 Å². The molecule has 1 aromatic rings. The summed E-state index contributed by atoms with van der Waals surface area (Å²) in [6.45, 7) is 4.54. The SMILES string of the molecule is CNC(C)CNC(=O)C(C)CSc1ccc(F)cc1. The molecule has 19 heavy (non-hydrogen) atoms. The smallest absolute Gasteiger partial charge is 0.223 e. The van der Waals surface area contributed by atoms with Gasteiger partial charge in [-0.3, -0.25) is 4.79 Å². The first-order valence-electron chi connectivity index (χ1n) is 6.36. The molecule has 0 aromatic heterocycles. The number of hydrogen-bond acceptors (Lipinski definition) is 3. The minimum atomic E-state index is -0.240. The van der Waals surface area contributed by atoms with E-state index >= 15 is 0 Å². The van der Waals surface area contributed by atoms with Crippen LogP contribution in [0.1, 0.15) is 13.8 Å². The fraction of sp³-hybridized carbons (Fsp3) is 0.500. The lowest BCUT2D eigenvalue weighted by atomic mass is 10.2. The predicted molar refractivity (Wildman–Crippen MR) is 77.8 cm³/mol. The second-order valence-corrected chi connectivity index (χ2v) is 5.69. The van der Waals surface area contributed by atoms with Gasteiger partial charge in [0, 0.05) is 29.2 Å². The number of carbonyl (C=O) groups is 1. The van der Waals surface area contributed by atoms with Gasteiger partial charge in [-0.15, -0.1) is 11.8 Å². The van der Waals surface area contributed by atoms with Gasteiger partial charge < -0.3 is 10.6 Å². The Morgan fingerprint density at radius 3 is 2.53 bits per heavy atom. The molecular weight excluding hydrogens is 263 g/mol. The Hall–Kier alpha value is -1.07. The zero-order valence-corrected chi connectivity index (χ0v) is 12.4. The highest BCUT2D eigenvalue weighted by molar-refractivity contribution is 7.99. The van der Waals surface area contributed by atoms with E-state index in [1.54, 1.807) is 23.9 Å². The first-order chi connectivity index (χ1) is 9.02. The number of benzene rings is 1. The van der Waals surface area contributed by atoms with Crippen LogP contribution in [0.2, 0.25) is 0 Å². The zero-order valence-electron chi connectivity index (χ0n) is 11.6. The van der Waals surface area contributed by atoms with E-state index in [2.05, 4.69) is 10.6 Å². The van der Waals surface area contributed by atoms with Gasteiger partial charge in [0.25, 0.3) is 0 Å². The maximum atomic E-state index is 12.7. The Bertz CT molecular complexity index is 397. The highest BCUT2D eigenvalue weighted by atomic mass is 32.2. The van der Waals surface area contributed by atoms with Gasteiger partial charge >= 0.3 is 0 Å². The fourth-order valence-electron chi connectivity index (χ4n) is 1.36. The third-order valence-electron chi connectivity index (χ3n) is 2.84. The minimum Gasteiger partial charge on any atom is -0.354 e. The van der Waals surface area contributed by atoms with Gasteiger partial charge in [0.2, 0.25) is 5.91 Å². The molecule has 1 amide bonds. The Morgan fingerprint density at radius 1 is 1.32 bits per heavy atom. The van der Waals surface area contributed by atoms with Crippen LogP contribution < -0.4 is 10.6 Å². The predicted octanol–water partition coefficient (Wildman–Crippen LogP) is 2.28. The molecule has 0 fully saturated rings. The lowest BCUT2D eigenvalue weighted by Crippen LogP contribution is -2.39. The van der Waals surface area contributed by atoms with E-state index in [9.17, 15) is 9.18 Å². The van der Waals surface area contributed by atoms with Crippen LogP contribution >= 0.6 is 11.8 Å². The molecular formula is C14H21FN2OS. The average Bonchev–Trinajstić information content (AvgIpc) is 2.43. The second-order valence-electron chi connectivity index (χ2n) is 4.60. The summed E-state index contributed by atoms with van der Waals surface area (Å²) < 4.78 is 12.7. The van der Waals surface area contributed by atoms with Crippen LogP contribution in [0.3, 0.4) is 0 Å². The molecule has 2 unspecified atom stereocenters. The third kappa shape index (κ3) is 6.07. The maximum Gasteiger partial charge on any atom is 0.223 e. The third-order valence-corrected chi connectivity index (χ3v) is 4.11. The van der Waals surface area contributed by atoms with E-state index in [1.165, 1.54) is 12.1 Å². The van der Waals surface area contributed by atoms with Gasteiger partial charge in [0.1, 0.15) is 5.82 Å². The first-order valence-corrected chi connectivity index (χ1v) is 7.34. The van der Waals surface area contributed by atoms with Crippen molar-refractivity contribution in [3.63, 3.8) is 0 Å². The molecule has 1 rings (SSSR count). The lowest BCUT2D eigenvalue weighted by Gasteiger charge is -2.15. The van der Waals surface area contributed by atoms with E-state index in [1.807, 2.05) is 20.9 Å². The summed E-state index contributed by atoms with van der Waals surface area (Å²) in [5, 5.41) is 5.97. The lowest BCUT2D eigenvalue weighted by molar-refractivity contribution is -0.123. The number of halogens is 1. The molecule has 0 aliphatic heterocycles. The highest BCUT2D eigenvalue weighted by Crippen LogP contribution is 2.20.